The van der Waals surface area contributed by atoms with Crippen molar-refractivity contribution in [2.24, 2.45) is 0 Å². The molecule has 1 aromatic carbocycles. The number of aromatic nitrogens is 3. The number of rotatable bonds is 1. The zero-order valence-corrected chi connectivity index (χ0v) is 9.18. The van der Waals surface area contributed by atoms with Crippen LogP contribution in [0.4, 0.5) is 5.13 Å². The summed E-state index contributed by atoms with van der Waals surface area (Å²) in [4.78, 5) is 4.47. The third-order valence-electron chi connectivity index (χ3n) is 1.92. The molecule has 0 unspecified atom stereocenters. The van der Waals surface area contributed by atoms with Crippen LogP contribution >= 0.6 is 22.7 Å². The number of hydrogen-bond donors (Lipinski definition) is 1. The quantitative estimate of drug-likeness (QED) is 0.702. The van der Waals surface area contributed by atoms with Crippen molar-refractivity contribution in [3.05, 3.63) is 24.3 Å². The summed E-state index contributed by atoms with van der Waals surface area (Å²) in [6.07, 6.45) is 0. The second kappa shape index (κ2) is 3.25. The van der Waals surface area contributed by atoms with E-state index < -0.39 is 0 Å². The molecule has 0 aliphatic carbocycles. The maximum absolute atomic E-state index is 5.53. The molecule has 0 saturated heterocycles. The average Bonchev–Trinajstić information content (AvgIpc) is 2.82. The van der Waals surface area contributed by atoms with Gasteiger partial charge in [0.25, 0.3) is 0 Å². The van der Waals surface area contributed by atoms with Gasteiger partial charge in [0.2, 0.25) is 5.13 Å². The number of nitrogens with two attached hydrogens (primary N) is 1. The van der Waals surface area contributed by atoms with Crippen LogP contribution in [-0.2, 0) is 0 Å². The first kappa shape index (κ1) is 8.75. The third-order valence-corrected chi connectivity index (χ3v) is 3.85. The average molecular weight is 234 g/mol. The van der Waals surface area contributed by atoms with Gasteiger partial charge in [-0.05, 0) is 12.1 Å². The number of thiazole rings is 1. The van der Waals surface area contributed by atoms with Crippen LogP contribution in [0.15, 0.2) is 24.3 Å². The van der Waals surface area contributed by atoms with Gasteiger partial charge in [-0.1, -0.05) is 23.5 Å². The maximum atomic E-state index is 5.53. The fraction of sp³-hybridized carbons (Fsp3) is 0. The van der Waals surface area contributed by atoms with E-state index in [4.69, 9.17) is 5.73 Å². The van der Waals surface area contributed by atoms with Crippen molar-refractivity contribution in [1.82, 2.24) is 15.2 Å². The van der Waals surface area contributed by atoms with E-state index in [2.05, 4.69) is 15.2 Å². The predicted octanol–water partition coefficient (Wildman–Crippen LogP) is 2.40. The zero-order valence-electron chi connectivity index (χ0n) is 7.54. The lowest BCUT2D eigenvalue weighted by Crippen LogP contribution is -1.80. The number of nitrogen functional groups attached to an aromatic ring is 1. The molecule has 4 nitrogen and oxygen atoms in total. The highest BCUT2D eigenvalue weighted by molar-refractivity contribution is 7.26. The van der Waals surface area contributed by atoms with Gasteiger partial charge in [0.1, 0.15) is 0 Å². The molecule has 0 aliphatic rings. The van der Waals surface area contributed by atoms with E-state index in [1.54, 1.807) is 11.3 Å². The summed E-state index contributed by atoms with van der Waals surface area (Å²) < 4.78 is 1.15. The van der Waals surface area contributed by atoms with Crippen molar-refractivity contribution in [1.29, 1.82) is 0 Å². The van der Waals surface area contributed by atoms with Crippen LogP contribution in [0.1, 0.15) is 0 Å². The Balaban J connectivity index is 2.19. The summed E-state index contributed by atoms with van der Waals surface area (Å²) in [6, 6.07) is 8.00. The predicted molar refractivity (Wildman–Crippen MR) is 62.9 cm³/mol. The number of fused-ring (bicyclic) bond motifs is 1. The molecule has 0 saturated carbocycles. The van der Waals surface area contributed by atoms with E-state index in [-0.39, 0.29) is 0 Å². The number of benzene rings is 1. The van der Waals surface area contributed by atoms with E-state index in [1.807, 2.05) is 24.3 Å². The molecule has 0 bridgehead atoms. The number of hydrogen-bond acceptors (Lipinski definition) is 6. The molecule has 2 N–H and O–H groups in total. The summed E-state index contributed by atoms with van der Waals surface area (Å²) in [6.45, 7) is 0. The van der Waals surface area contributed by atoms with Crippen molar-refractivity contribution in [3.8, 4) is 10.0 Å². The fourth-order valence-corrected chi connectivity index (χ4v) is 2.87. The molecule has 0 radical (unpaired) electrons. The summed E-state index contributed by atoms with van der Waals surface area (Å²) in [7, 11) is 0. The molecule has 2 aromatic heterocycles. The van der Waals surface area contributed by atoms with Crippen LogP contribution in [0.3, 0.4) is 0 Å². The lowest BCUT2D eigenvalue weighted by atomic mass is 10.3. The molecule has 0 atom stereocenters. The Kier molecular flexibility index (Phi) is 1.90. The largest absolute Gasteiger partial charge is 0.374 e. The zero-order chi connectivity index (χ0) is 10.3. The van der Waals surface area contributed by atoms with E-state index in [9.17, 15) is 0 Å². The minimum Gasteiger partial charge on any atom is -0.374 e. The lowest BCUT2D eigenvalue weighted by molar-refractivity contribution is 1.10. The van der Waals surface area contributed by atoms with E-state index in [1.165, 1.54) is 11.3 Å². The van der Waals surface area contributed by atoms with Gasteiger partial charge in [-0.15, -0.1) is 21.5 Å². The molecule has 0 spiro atoms. The molecule has 0 aliphatic heterocycles. The molecular weight excluding hydrogens is 228 g/mol. The molecule has 2 heterocycles. The minimum absolute atomic E-state index is 0.476. The Morgan fingerprint density at radius 1 is 1.00 bits per heavy atom. The highest BCUT2D eigenvalue weighted by Gasteiger charge is 2.09. The van der Waals surface area contributed by atoms with Crippen LogP contribution in [0.2, 0.25) is 0 Å². The Bertz CT molecular complexity index is 580. The van der Waals surface area contributed by atoms with Crippen molar-refractivity contribution < 1.29 is 0 Å². The fourth-order valence-electron chi connectivity index (χ4n) is 1.28. The normalized spacial score (nSPS) is 10.9. The van der Waals surface area contributed by atoms with Crippen molar-refractivity contribution in [3.63, 3.8) is 0 Å². The van der Waals surface area contributed by atoms with Crippen molar-refractivity contribution in [2.45, 2.75) is 0 Å². The third kappa shape index (κ3) is 1.47. The molecular formula is C9H6N4S2. The van der Waals surface area contributed by atoms with Gasteiger partial charge in [0.15, 0.2) is 10.0 Å². The first-order valence-electron chi connectivity index (χ1n) is 4.28. The van der Waals surface area contributed by atoms with Crippen LogP contribution in [-0.4, -0.2) is 15.2 Å². The maximum Gasteiger partial charge on any atom is 0.203 e. The SMILES string of the molecule is Nc1nnc(-c2nc3ccccc3s2)s1. The smallest absolute Gasteiger partial charge is 0.203 e. The highest BCUT2D eigenvalue weighted by Crippen LogP contribution is 2.31. The summed E-state index contributed by atoms with van der Waals surface area (Å²) >= 11 is 2.96. The monoisotopic (exact) mass is 234 g/mol. The number of para-hydroxylation sites is 1. The van der Waals surface area contributed by atoms with Crippen LogP contribution in [0.5, 0.6) is 0 Å². The molecule has 0 amide bonds. The van der Waals surface area contributed by atoms with E-state index in [0.717, 1.165) is 20.2 Å². The molecule has 3 rings (SSSR count). The Morgan fingerprint density at radius 2 is 1.87 bits per heavy atom. The van der Waals surface area contributed by atoms with Gasteiger partial charge < -0.3 is 5.73 Å². The van der Waals surface area contributed by atoms with Gasteiger partial charge in [-0.25, -0.2) is 4.98 Å². The molecule has 6 heteroatoms. The minimum atomic E-state index is 0.476. The molecule has 0 fully saturated rings. The second-order valence-corrected chi connectivity index (χ2v) is 4.97. The van der Waals surface area contributed by atoms with Gasteiger partial charge >= 0.3 is 0 Å². The van der Waals surface area contributed by atoms with Crippen LogP contribution in [0, 0.1) is 0 Å². The van der Waals surface area contributed by atoms with Gasteiger partial charge in [-0.2, -0.15) is 0 Å². The van der Waals surface area contributed by atoms with E-state index >= 15 is 0 Å². The lowest BCUT2D eigenvalue weighted by Gasteiger charge is -1.81. The first-order chi connectivity index (χ1) is 7.33. The van der Waals surface area contributed by atoms with Gasteiger partial charge in [0.05, 0.1) is 10.2 Å². The number of nitrogens with zero attached hydrogens (tertiary/aromatic N) is 3. The Hall–Kier alpha value is -1.53. The summed E-state index contributed by atoms with van der Waals surface area (Å²) in [5.41, 5.74) is 6.52. The van der Waals surface area contributed by atoms with E-state index in [0.29, 0.717) is 5.13 Å². The molecule has 3 aromatic rings. The topological polar surface area (TPSA) is 64.7 Å². The Labute approximate surface area is 93.4 Å². The van der Waals surface area contributed by atoms with Crippen molar-refractivity contribution >= 4 is 38.0 Å². The van der Waals surface area contributed by atoms with Crippen molar-refractivity contribution in [2.75, 3.05) is 5.73 Å². The number of anilines is 1. The second-order valence-electron chi connectivity index (χ2n) is 2.93. The van der Waals surface area contributed by atoms with Crippen LogP contribution in [0.25, 0.3) is 20.2 Å². The molecule has 15 heavy (non-hydrogen) atoms. The van der Waals surface area contributed by atoms with Gasteiger partial charge in [0, 0.05) is 0 Å². The first-order valence-corrected chi connectivity index (χ1v) is 5.91. The molecule has 74 valence electrons. The Morgan fingerprint density at radius 3 is 2.60 bits per heavy atom. The van der Waals surface area contributed by atoms with Crippen LogP contribution < -0.4 is 5.73 Å². The highest BCUT2D eigenvalue weighted by atomic mass is 32.1. The summed E-state index contributed by atoms with van der Waals surface area (Å²) in [5, 5.41) is 9.89. The standard InChI is InChI=1S/C9H6N4S2/c10-9-13-12-8(15-9)7-11-5-3-1-2-4-6(5)14-7/h1-4H,(H2,10,13). The summed E-state index contributed by atoms with van der Waals surface area (Å²) in [5.74, 6) is 0. The van der Waals surface area contributed by atoms with Gasteiger partial charge in [-0.3, -0.25) is 0 Å².